The molecule has 0 aliphatic heterocycles. The molecular weight excluding hydrogens is 371 g/mol. The van der Waals surface area contributed by atoms with Crippen molar-refractivity contribution in [3.63, 3.8) is 0 Å². The second kappa shape index (κ2) is 10.0. The molecule has 1 aromatic carbocycles. The van der Waals surface area contributed by atoms with Crippen molar-refractivity contribution in [2.24, 2.45) is 4.99 Å². The molecule has 0 fully saturated rings. The summed E-state index contributed by atoms with van der Waals surface area (Å²) in [6, 6.07) is 7.21. The quantitative estimate of drug-likeness (QED) is 0.408. The molecule has 1 aromatic heterocycles. The Labute approximate surface area is 162 Å². The van der Waals surface area contributed by atoms with Crippen LogP contribution in [-0.4, -0.2) is 42.5 Å². The zero-order valence-corrected chi connectivity index (χ0v) is 16.3. The summed E-state index contributed by atoms with van der Waals surface area (Å²) < 4.78 is 46.0. The number of aliphatic imine (C=N–C) groups is 1. The molecule has 1 heterocycles. The van der Waals surface area contributed by atoms with Gasteiger partial charge in [0.15, 0.2) is 5.96 Å². The van der Waals surface area contributed by atoms with Gasteiger partial charge in [0, 0.05) is 25.8 Å². The van der Waals surface area contributed by atoms with Crippen LogP contribution in [-0.2, 0) is 12.7 Å². The van der Waals surface area contributed by atoms with E-state index in [4.69, 9.17) is 4.74 Å². The fourth-order valence-electron chi connectivity index (χ4n) is 2.71. The predicted molar refractivity (Wildman–Crippen MR) is 103 cm³/mol. The van der Waals surface area contributed by atoms with E-state index in [0.29, 0.717) is 19.0 Å². The van der Waals surface area contributed by atoms with Crippen LogP contribution >= 0.6 is 0 Å². The van der Waals surface area contributed by atoms with Gasteiger partial charge in [0.1, 0.15) is 12.4 Å². The van der Waals surface area contributed by atoms with Gasteiger partial charge in [0.2, 0.25) is 0 Å². The normalized spacial score (nSPS) is 12.1. The molecule has 0 atom stereocenters. The Morgan fingerprint density at radius 2 is 1.89 bits per heavy atom. The topological polar surface area (TPSA) is 63.5 Å². The Bertz CT molecular complexity index is 786. The predicted octanol–water partition coefficient (Wildman–Crippen LogP) is 3.15. The van der Waals surface area contributed by atoms with Gasteiger partial charge in [-0.3, -0.25) is 9.67 Å². The van der Waals surface area contributed by atoms with Gasteiger partial charge in [-0.15, -0.1) is 0 Å². The first-order chi connectivity index (χ1) is 13.3. The molecule has 0 radical (unpaired) electrons. The van der Waals surface area contributed by atoms with E-state index in [2.05, 4.69) is 20.7 Å². The van der Waals surface area contributed by atoms with Crippen molar-refractivity contribution in [1.29, 1.82) is 0 Å². The summed E-state index contributed by atoms with van der Waals surface area (Å²) in [5.74, 6) is 0.394. The second-order valence-corrected chi connectivity index (χ2v) is 6.27. The summed E-state index contributed by atoms with van der Waals surface area (Å²) >= 11 is 0. The van der Waals surface area contributed by atoms with Crippen LogP contribution in [0.1, 0.15) is 23.4 Å². The molecule has 0 saturated heterocycles. The van der Waals surface area contributed by atoms with Crippen molar-refractivity contribution in [2.45, 2.75) is 33.0 Å². The molecule has 0 unspecified atom stereocenters. The Kier molecular flexibility index (Phi) is 7.71. The zero-order chi connectivity index (χ0) is 20.6. The molecule has 6 nitrogen and oxygen atoms in total. The van der Waals surface area contributed by atoms with E-state index in [0.717, 1.165) is 30.4 Å². The smallest absolute Gasteiger partial charge is 0.419 e. The third-order valence-electron chi connectivity index (χ3n) is 4.01. The van der Waals surface area contributed by atoms with E-state index in [1.54, 1.807) is 7.05 Å². The van der Waals surface area contributed by atoms with Crippen molar-refractivity contribution >= 4 is 5.96 Å². The Morgan fingerprint density at radius 1 is 1.18 bits per heavy atom. The highest BCUT2D eigenvalue weighted by Crippen LogP contribution is 2.35. The summed E-state index contributed by atoms with van der Waals surface area (Å²) in [6.45, 7) is 5.87. The number of hydrogen-bond donors (Lipinski definition) is 2. The Balaban J connectivity index is 1.70. The van der Waals surface area contributed by atoms with Crippen molar-refractivity contribution < 1.29 is 17.9 Å². The molecule has 2 N–H and O–H groups in total. The first-order valence-corrected chi connectivity index (χ1v) is 9.06. The molecular formula is C19H26F3N5O. The van der Waals surface area contributed by atoms with Crippen LogP contribution in [0.25, 0.3) is 0 Å². The van der Waals surface area contributed by atoms with E-state index in [9.17, 15) is 13.2 Å². The van der Waals surface area contributed by atoms with Crippen LogP contribution in [0.5, 0.6) is 5.75 Å². The number of aryl methyl sites for hydroxylation is 3. The number of ether oxygens (including phenoxy) is 1. The largest absolute Gasteiger partial charge is 0.491 e. The fourth-order valence-corrected chi connectivity index (χ4v) is 2.71. The van der Waals surface area contributed by atoms with Crippen LogP contribution in [0.15, 0.2) is 35.3 Å². The Hall–Kier alpha value is -2.71. The average molecular weight is 397 g/mol. The van der Waals surface area contributed by atoms with Crippen molar-refractivity contribution in [3.05, 3.63) is 47.3 Å². The third-order valence-corrected chi connectivity index (χ3v) is 4.01. The molecule has 0 aliphatic rings. The van der Waals surface area contributed by atoms with Gasteiger partial charge in [-0.2, -0.15) is 18.3 Å². The minimum absolute atomic E-state index is 0.0829. The highest BCUT2D eigenvalue weighted by atomic mass is 19.4. The van der Waals surface area contributed by atoms with Crippen LogP contribution < -0.4 is 15.4 Å². The molecule has 28 heavy (non-hydrogen) atoms. The van der Waals surface area contributed by atoms with E-state index in [-0.39, 0.29) is 12.4 Å². The molecule has 0 saturated carbocycles. The van der Waals surface area contributed by atoms with Crippen molar-refractivity contribution in [1.82, 2.24) is 20.4 Å². The molecule has 0 amide bonds. The van der Waals surface area contributed by atoms with Gasteiger partial charge >= 0.3 is 6.18 Å². The maximum atomic E-state index is 12.9. The molecule has 154 valence electrons. The van der Waals surface area contributed by atoms with Crippen LogP contribution in [0.3, 0.4) is 0 Å². The number of alkyl halides is 3. The maximum absolute atomic E-state index is 12.9. The molecule has 9 heteroatoms. The number of para-hydroxylation sites is 1. The minimum atomic E-state index is -4.44. The highest BCUT2D eigenvalue weighted by molar-refractivity contribution is 5.79. The van der Waals surface area contributed by atoms with E-state index in [1.807, 2.05) is 24.6 Å². The zero-order valence-electron chi connectivity index (χ0n) is 16.3. The van der Waals surface area contributed by atoms with Crippen molar-refractivity contribution in [2.75, 3.05) is 26.7 Å². The van der Waals surface area contributed by atoms with Crippen LogP contribution in [0, 0.1) is 13.8 Å². The molecule has 0 aliphatic carbocycles. The number of nitrogens with zero attached hydrogens (tertiary/aromatic N) is 3. The summed E-state index contributed by atoms with van der Waals surface area (Å²) in [5.41, 5.74) is 1.34. The summed E-state index contributed by atoms with van der Waals surface area (Å²) in [6.07, 6.45) is -3.58. The van der Waals surface area contributed by atoms with Gasteiger partial charge < -0.3 is 15.4 Å². The average Bonchev–Trinajstić information content (AvgIpc) is 2.97. The van der Waals surface area contributed by atoms with E-state index < -0.39 is 11.7 Å². The lowest BCUT2D eigenvalue weighted by atomic mass is 10.2. The van der Waals surface area contributed by atoms with Gasteiger partial charge in [-0.25, -0.2) is 0 Å². The van der Waals surface area contributed by atoms with Gasteiger partial charge in [0.25, 0.3) is 0 Å². The molecule has 2 aromatic rings. The van der Waals surface area contributed by atoms with Crippen LogP contribution in [0.4, 0.5) is 13.2 Å². The summed E-state index contributed by atoms with van der Waals surface area (Å²) in [5, 5.41) is 10.6. The van der Waals surface area contributed by atoms with Crippen molar-refractivity contribution in [3.8, 4) is 5.75 Å². The molecule has 2 rings (SSSR count). The van der Waals surface area contributed by atoms with Crippen LogP contribution in [0.2, 0.25) is 0 Å². The number of aromatic nitrogens is 2. The number of benzene rings is 1. The first kappa shape index (κ1) is 21.6. The Morgan fingerprint density at radius 3 is 2.54 bits per heavy atom. The number of rotatable bonds is 8. The van der Waals surface area contributed by atoms with Gasteiger partial charge in [0.05, 0.1) is 17.8 Å². The summed E-state index contributed by atoms with van der Waals surface area (Å²) in [4.78, 5) is 4.09. The first-order valence-electron chi connectivity index (χ1n) is 9.06. The lowest BCUT2D eigenvalue weighted by molar-refractivity contribution is -0.138. The maximum Gasteiger partial charge on any atom is 0.419 e. The number of guanidine groups is 1. The molecule has 0 spiro atoms. The standard InChI is InChI=1S/C19H26F3N5O/c1-14-13-15(2)27(26-14)11-6-9-24-18(23-3)25-10-12-28-17-8-5-4-7-16(17)19(20,21)22/h4-5,7-8,13H,6,9-12H2,1-3H3,(H2,23,24,25). The lowest BCUT2D eigenvalue weighted by Crippen LogP contribution is -2.40. The summed E-state index contributed by atoms with van der Waals surface area (Å²) in [7, 11) is 1.64. The highest BCUT2D eigenvalue weighted by Gasteiger charge is 2.33. The molecule has 0 bridgehead atoms. The monoisotopic (exact) mass is 397 g/mol. The third kappa shape index (κ3) is 6.47. The fraction of sp³-hybridized carbons (Fsp3) is 0.474. The number of halogens is 3. The lowest BCUT2D eigenvalue weighted by Gasteiger charge is -2.15. The number of hydrogen-bond acceptors (Lipinski definition) is 3. The minimum Gasteiger partial charge on any atom is -0.491 e. The van der Waals surface area contributed by atoms with E-state index in [1.165, 1.54) is 18.2 Å². The SMILES string of the molecule is CN=C(NCCCn1nc(C)cc1C)NCCOc1ccccc1C(F)(F)F. The number of nitrogens with one attached hydrogen (secondary N) is 2. The van der Waals surface area contributed by atoms with E-state index >= 15 is 0 Å². The van der Waals surface area contributed by atoms with Gasteiger partial charge in [-0.1, -0.05) is 12.1 Å². The second-order valence-electron chi connectivity index (χ2n) is 6.27. The van der Waals surface area contributed by atoms with Gasteiger partial charge in [-0.05, 0) is 38.5 Å².